The lowest BCUT2D eigenvalue weighted by molar-refractivity contribution is -0.121. The minimum atomic E-state index is -0.178. The van der Waals surface area contributed by atoms with Gasteiger partial charge in [-0.3, -0.25) is 19.3 Å². The van der Waals surface area contributed by atoms with Gasteiger partial charge in [0.25, 0.3) is 5.91 Å². The summed E-state index contributed by atoms with van der Waals surface area (Å²) in [5.74, 6) is 0.0626. The molecule has 5 heteroatoms. The lowest BCUT2D eigenvalue weighted by Gasteiger charge is -2.29. The van der Waals surface area contributed by atoms with Gasteiger partial charge in [-0.1, -0.05) is 19.8 Å². The Labute approximate surface area is 136 Å². The zero-order valence-electron chi connectivity index (χ0n) is 13.4. The highest BCUT2D eigenvalue weighted by atomic mass is 16.2. The number of carbonyl (C=O) groups is 3. The Morgan fingerprint density at radius 2 is 1.65 bits per heavy atom. The first-order valence-corrected chi connectivity index (χ1v) is 8.33. The molecule has 0 unspecified atom stereocenters. The molecule has 1 saturated carbocycles. The normalized spacial score (nSPS) is 24.8. The molecule has 2 atom stereocenters. The van der Waals surface area contributed by atoms with Crippen LogP contribution < -0.4 is 10.2 Å². The Morgan fingerprint density at radius 1 is 1.04 bits per heavy atom. The average Bonchev–Trinajstić information content (AvgIpc) is 2.88. The maximum Gasteiger partial charge on any atom is 0.251 e. The predicted molar refractivity (Wildman–Crippen MR) is 87.1 cm³/mol. The van der Waals surface area contributed by atoms with Crippen LogP contribution in [0.4, 0.5) is 5.69 Å². The van der Waals surface area contributed by atoms with E-state index in [4.69, 9.17) is 0 Å². The van der Waals surface area contributed by atoms with Crippen molar-refractivity contribution < 1.29 is 14.4 Å². The second kappa shape index (κ2) is 6.52. The molecule has 1 aliphatic carbocycles. The smallest absolute Gasteiger partial charge is 0.251 e. The SMILES string of the molecule is C[C@H]1CCCC[C@@H]1NC(=O)c1ccc(N2C(=O)CCC2=O)cc1. The molecule has 1 saturated heterocycles. The van der Waals surface area contributed by atoms with Gasteiger partial charge in [0, 0.05) is 24.4 Å². The number of nitrogens with one attached hydrogen (secondary N) is 1. The number of hydrogen-bond acceptors (Lipinski definition) is 3. The molecule has 0 bridgehead atoms. The highest BCUT2D eigenvalue weighted by Crippen LogP contribution is 2.25. The number of benzene rings is 1. The summed E-state index contributed by atoms with van der Waals surface area (Å²) in [4.78, 5) is 37.0. The first-order valence-electron chi connectivity index (χ1n) is 8.33. The van der Waals surface area contributed by atoms with Gasteiger partial charge in [-0.15, -0.1) is 0 Å². The fraction of sp³-hybridized carbons (Fsp3) is 0.500. The van der Waals surface area contributed by atoms with Crippen molar-refractivity contribution in [2.45, 2.75) is 51.5 Å². The molecule has 1 aromatic carbocycles. The Balaban J connectivity index is 1.68. The van der Waals surface area contributed by atoms with Gasteiger partial charge in [0.1, 0.15) is 0 Å². The van der Waals surface area contributed by atoms with Gasteiger partial charge >= 0.3 is 0 Å². The predicted octanol–water partition coefficient (Wildman–Crippen LogP) is 2.65. The van der Waals surface area contributed by atoms with E-state index in [1.54, 1.807) is 24.3 Å². The van der Waals surface area contributed by atoms with E-state index in [0.29, 0.717) is 17.2 Å². The Bertz CT molecular complexity index is 608. The van der Waals surface area contributed by atoms with Crippen molar-refractivity contribution in [3.05, 3.63) is 29.8 Å². The highest BCUT2D eigenvalue weighted by molar-refractivity contribution is 6.19. The molecule has 0 spiro atoms. The van der Waals surface area contributed by atoms with Crippen molar-refractivity contribution in [2.75, 3.05) is 4.90 Å². The Kier molecular flexibility index (Phi) is 4.46. The number of amides is 3. The third-order valence-electron chi connectivity index (χ3n) is 4.87. The molecule has 3 amide bonds. The molecule has 0 aromatic heterocycles. The van der Waals surface area contributed by atoms with E-state index in [-0.39, 0.29) is 36.6 Å². The first kappa shape index (κ1) is 15.7. The summed E-state index contributed by atoms with van der Waals surface area (Å²) in [6, 6.07) is 6.92. The summed E-state index contributed by atoms with van der Waals surface area (Å²) < 4.78 is 0. The maximum atomic E-state index is 12.4. The molecule has 1 N–H and O–H groups in total. The Morgan fingerprint density at radius 3 is 2.26 bits per heavy atom. The van der Waals surface area contributed by atoms with Crippen LogP contribution in [0.5, 0.6) is 0 Å². The number of carbonyl (C=O) groups excluding carboxylic acids is 3. The van der Waals surface area contributed by atoms with E-state index < -0.39 is 0 Å². The van der Waals surface area contributed by atoms with Crippen LogP contribution in [0.15, 0.2) is 24.3 Å². The van der Waals surface area contributed by atoms with E-state index in [1.165, 1.54) is 11.3 Å². The van der Waals surface area contributed by atoms with Gasteiger partial charge in [0.05, 0.1) is 5.69 Å². The number of anilines is 1. The summed E-state index contributed by atoms with van der Waals surface area (Å²) in [5.41, 5.74) is 1.10. The summed E-state index contributed by atoms with van der Waals surface area (Å²) in [5, 5.41) is 3.11. The summed E-state index contributed by atoms with van der Waals surface area (Å²) >= 11 is 0. The van der Waals surface area contributed by atoms with Crippen LogP contribution in [-0.2, 0) is 9.59 Å². The second-order valence-corrected chi connectivity index (χ2v) is 6.51. The van der Waals surface area contributed by atoms with Crippen LogP contribution in [0.2, 0.25) is 0 Å². The summed E-state index contributed by atoms with van der Waals surface area (Å²) in [7, 11) is 0. The molecular weight excluding hydrogens is 292 g/mol. The van der Waals surface area contributed by atoms with Crippen molar-refractivity contribution in [1.29, 1.82) is 0 Å². The molecule has 5 nitrogen and oxygen atoms in total. The summed E-state index contributed by atoms with van der Waals surface area (Å²) in [6.45, 7) is 2.18. The van der Waals surface area contributed by atoms with Gasteiger partial charge in [-0.25, -0.2) is 0 Å². The molecular formula is C18H22N2O3. The second-order valence-electron chi connectivity index (χ2n) is 6.51. The molecule has 3 rings (SSSR count). The topological polar surface area (TPSA) is 66.5 Å². The van der Waals surface area contributed by atoms with Crippen molar-refractivity contribution in [3.63, 3.8) is 0 Å². The van der Waals surface area contributed by atoms with Gasteiger partial charge in [-0.2, -0.15) is 0 Å². The van der Waals surface area contributed by atoms with Crippen LogP contribution in [0.1, 0.15) is 55.8 Å². The van der Waals surface area contributed by atoms with Gasteiger partial charge in [0.2, 0.25) is 11.8 Å². The van der Waals surface area contributed by atoms with E-state index in [2.05, 4.69) is 12.2 Å². The largest absolute Gasteiger partial charge is 0.349 e. The van der Waals surface area contributed by atoms with E-state index in [9.17, 15) is 14.4 Å². The molecule has 2 fully saturated rings. The molecule has 122 valence electrons. The fourth-order valence-electron chi connectivity index (χ4n) is 3.41. The van der Waals surface area contributed by atoms with E-state index in [1.807, 2.05) is 0 Å². The van der Waals surface area contributed by atoms with Gasteiger partial charge in [-0.05, 0) is 43.0 Å². The maximum absolute atomic E-state index is 12.4. The Hall–Kier alpha value is -2.17. The van der Waals surface area contributed by atoms with Crippen LogP contribution in [0, 0.1) is 5.92 Å². The number of nitrogens with zero attached hydrogens (tertiary/aromatic N) is 1. The monoisotopic (exact) mass is 314 g/mol. The van der Waals surface area contributed by atoms with Crippen molar-refractivity contribution in [2.24, 2.45) is 5.92 Å². The molecule has 1 heterocycles. The third-order valence-corrected chi connectivity index (χ3v) is 4.87. The van der Waals surface area contributed by atoms with Gasteiger partial charge < -0.3 is 5.32 Å². The van der Waals surface area contributed by atoms with E-state index >= 15 is 0 Å². The fourth-order valence-corrected chi connectivity index (χ4v) is 3.41. The number of imide groups is 1. The van der Waals surface area contributed by atoms with Crippen LogP contribution >= 0.6 is 0 Å². The lowest BCUT2D eigenvalue weighted by atomic mass is 9.86. The molecule has 1 aliphatic heterocycles. The molecule has 2 aliphatic rings. The standard InChI is InChI=1S/C18H22N2O3/c1-12-4-2-3-5-15(12)19-18(23)13-6-8-14(9-7-13)20-16(21)10-11-17(20)22/h6-9,12,15H,2-5,10-11H2,1H3,(H,19,23)/t12-,15-/m0/s1. The van der Waals surface area contributed by atoms with Crippen molar-refractivity contribution in [3.8, 4) is 0 Å². The lowest BCUT2D eigenvalue weighted by Crippen LogP contribution is -2.41. The molecule has 0 radical (unpaired) electrons. The zero-order valence-corrected chi connectivity index (χ0v) is 13.4. The third kappa shape index (κ3) is 3.28. The quantitative estimate of drug-likeness (QED) is 0.872. The van der Waals surface area contributed by atoms with Crippen molar-refractivity contribution >= 4 is 23.4 Å². The average molecular weight is 314 g/mol. The molecule has 1 aromatic rings. The van der Waals surface area contributed by atoms with Crippen LogP contribution in [-0.4, -0.2) is 23.8 Å². The first-order chi connectivity index (χ1) is 11.1. The van der Waals surface area contributed by atoms with Crippen LogP contribution in [0.25, 0.3) is 0 Å². The number of hydrogen-bond donors (Lipinski definition) is 1. The number of rotatable bonds is 3. The van der Waals surface area contributed by atoms with Crippen molar-refractivity contribution in [1.82, 2.24) is 5.32 Å². The van der Waals surface area contributed by atoms with Crippen LogP contribution in [0.3, 0.4) is 0 Å². The minimum absolute atomic E-state index is 0.0885. The van der Waals surface area contributed by atoms with E-state index in [0.717, 1.165) is 19.3 Å². The highest BCUT2D eigenvalue weighted by Gasteiger charge is 2.30. The minimum Gasteiger partial charge on any atom is -0.349 e. The van der Waals surface area contributed by atoms with Gasteiger partial charge in [0.15, 0.2) is 0 Å². The zero-order chi connectivity index (χ0) is 16.4. The molecule has 23 heavy (non-hydrogen) atoms. The summed E-state index contributed by atoms with van der Waals surface area (Å²) in [6.07, 6.45) is 5.11.